The van der Waals surface area contributed by atoms with E-state index in [-0.39, 0.29) is 17.2 Å². The number of rotatable bonds is 6. The number of nitrogens with zero attached hydrogens (tertiary/aromatic N) is 1. The summed E-state index contributed by atoms with van der Waals surface area (Å²) in [5.74, 6) is 0.273. The van der Waals surface area contributed by atoms with E-state index in [0.29, 0.717) is 6.54 Å². The smallest absolute Gasteiger partial charge is 0.244 e. The standard InChI is InChI=1S/C13H18N4O3S/c1-9-11(7-15-17-9)8-16-21(18,19)13-4-3-10(6-14)5-12(13)20-2/h3-5,7,16H,6,8,14H2,1-2H3,(H,15,17). The lowest BCUT2D eigenvalue weighted by Crippen LogP contribution is -2.24. The van der Waals surface area contributed by atoms with E-state index >= 15 is 0 Å². The molecule has 0 saturated carbocycles. The van der Waals surface area contributed by atoms with Crippen molar-refractivity contribution in [2.24, 2.45) is 5.73 Å². The summed E-state index contributed by atoms with van der Waals surface area (Å²) < 4.78 is 32.4. The van der Waals surface area contributed by atoms with Crippen LogP contribution in [0.4, 0.5) is 0 Å². The van der Waals surface area contributed by atoms with E-state index in [1.807, 2.05) is 6.92 Å². The highest BCUT2D eigenvalue weighted by Crippen LogP contribution is 2.25. The minimum atomic E-state index is -3.68. The molecule has 4 N–H and O–H groups in total. The second-order valence-electron chi connectivity index (χ2n) is 4.53. The highest BCUT2D eigenvalue weighted by atomic mass is 32.2. The number of ether oxygens (including phenoxy) is 1. The number of hydrogen-bond acceptors (Lipinski definition) is 5. The summed E-state index contributed by atoms with van der Waals surface area (Å²) >= 11 is 0. The molecule has 2 rings (SSSR count). The summed E-state index contributed by atoms with van der Waals surface area (Å²) in [6.07, 6.45) is 1.59. The summed E-state index contributed by atoms with van der Waals surface area (Å²) in [6, 6.07) is 4.78. The molecule has 1 aromatic carbocycles. The molecule has 0 aliphatic carbocycles. The molecule has 114 valence electrons. The third kappa shape index (κ3) is 3.41. The average molecular weight is 310 g/mol. The van der Waals surface area contributed by atoms with Gasteiger partial charge in [0, 0.05) is 24.3 Å². The van der Waals surface area contributed by atoms with Gasteiger partial charge in [0.15, 0.2) is 0 Å². The Labute approximate surface area is 123 Å². The Morgan fingerprint density at radius 2 is 2.19 bits per heavy atom. The predicted octanol–water partition coefficient (Wildman–Crippen LogP) is 0.664. The molecule has 0 amide bonds. The maximum absolute atomic E-state index is 12.4. The Bertz CT molecular complexity index is 725. The molecular weight excluding hydrogens is 292 g/mol. The number of nitrogens with two attached hydrogens (primary N) is 1. The lowest BCUT2D eigenvalue weighted by molar-refractivity contribution is 0.401. The fourth-order valence-electron chi connectivity index (χ4n) is 1.87. The largest absolute Gasteiger partial charge is 0.495 e. The van der Waals surface area contributed by atoms with Gasteiger partial charge in [-0.05, 0) is 24.6 Å². The van der Waals surface area contributed by atoms with Crippen LogP contribution in [0.3, 0.4) is 0 Å². The third-order valence-electron chi connectivity index (χ3n) is 3.14. The monoisotopic (exact) mass is 310 g/mol. The van der Waals surface area contributed by atoms with E-state index in [2.05, 4.69) is 14.9 Å². The van der Waals surface area contributed by atoms with Gasteiger partial charge in [-0.2, -0.15) is 5.10 Å². The van der Waals surface area contributed by atoms with Gasteiger partial charge in [0.2, 0.25) is 10.0 Å². The number of hydrogen-bond donors (Lipinski definition) is 3. The van der Waals surface area contributed by atoms with Gasteiger partial charge < -0.3 is 10.5 Å². The van der Waals surface area contributed by atoms with Gasteiger partial charge in [0.1, 0.15) is 10.6 Å². The lowest BCUT2D eigenvalue weighted by atomic mass is 10.2. The highest BCUT2D eigenvalue weighted by molar-refractivity contribution is 7.89. The number of aryl methyl sites for hydroxylation is 1. The van der Waals surface area contributed by atoms with Crippen LogP contribution in [0.2, 0.25) is 0 Å². The zero-order chi connectivity index (χ0) is 15.5. The number of nitrogens with one attached hydrogen (secondary N) is 2. The molecule has 0 spiro atoms. The Morgan fingerprint density at radius 1 is 1.43 bits per heavy atom. The normalized spacial score (nSPS) is 11.6. The van der Waals surface area contributed by atoms with Gasteiger partial charge in [0.05, 0.1) is 13.3 Å². The molecule has 2 aromatic rings. The first-order valence-corrected chi connectivity index (χ1v) is 7.81. The van der Waals surface area contributed by atoms with Crippen molar-refractivity contribution in [1.82, 2.24) is 14.9 Å². The van der Waals surface area contributed by atoms with Crippen LogP contribution in [0, 0.1) is 6.92 Å². The molecule has 0 bridgehead atoms. The topological polar surface area (TPSA) is 110 Å². The van der Waals surface area contributed by atoms with Gasteiger partial charge in [-0.1, -0.05) is 6.07 Å². The first kappa shape index (κ1) is 15.5. The van der Waals surface area contributed by atoms with E-state index < -0.39 is 10.0 Å². The molecule has 21 heavy (non-hydrogen) atoms. The van der Waals surface area contributed by atoms with E-state index in [4.69, 9.17) is 10.5 Å². The Morgan fingerprint density at radius 3 is 2.76 bits per heavy atom. The van der Waals surface area contributed by atoms with Crippen molar-refractivity contribution in [1.29, 1.82) is 0 Å². The summed E-state index contributed by atoms with van der Waals surface area (Å²) in [6.45, 7) is 2.30. The second-order valence-corrected chi connectivity index (χ2v) is 6.27. The van der Waals surface area contributed by atoms with Crippen LogP contribution < -0.4 is 15.2 Å². The van der Waals surface area contributed by atoms with Gasteiger partial charge in [0.25, 0.3) is 0 Å². The number of methoxy groups -OCH3 is 1. The first-order chi connectivity index (χ1) is 9.97. The second kappa shape index (κ2) is 6.25. The Balaban J connectivity index is 2.25. The molecule has 1 heterocycles. The van der Waals surface area contributed by atoms with Gasteiger partial charge >= 0.3 is 0 Å². The molecule has 8 heteroatoms. The van der Waals surface area contributed by atoms with Crippen LogP contribution in [-0.2, 0) is 23.1 Å². The molecular formula is C13H18N4O3S. The average Bonchev–Trinajstić information content (AvgIpc) is 2.89. The number of aromatic amines is 1. The number of sulfonamides is 1. The molecule has 0 unspecified atom stereocenters. The van der Waals surface area contributed by atoms with Crippen molar-refractivity contribution in [3.63, 3.8) is 0 Å². The first-order valence-electron chi connectivity index (χ1n) is 6.33. The number of H-pyrrole nitrogens is 1. The summed E-state index contributed by atoms with van der Waals surface area (Å²) in [7, 11) is -2.25. The molecule has 0 aliphatic heterocycles. The SMILES string of the molecule is COc1cc(CN)ccc1S(=O)(=O)NCc1cn[nH]c1C. The van der Waals surface area contributed by atoms with Crippen molar-refractivity contribution >= 4 is 10.0 Å². The number of aromatic nitrogens is 2. The van der Waals surface area contributed by atoms with Crippen molar-refractivity contribution in [3.05, 3.63) is 41.2 Å². The zero-order valence-electron chi connectivity index (χ0n) is 11.9. The maximum atomic E-state index is 12.4. The Kier molecular flexibility index (Phi) is 4.61. The lowest BCUT2D eigenvalue weighted by Gasteiger charge is -2.11. The van der Waals surface area contributed by atoms with Crippen LogP contribution in [0.5, 0.6) is 5.75 Å². The van der Waals surface area contributed by atoms with Crippen LogP contribution in [0.15, 0.2) is 29.3 Å². The minimum absolute atomic E-state index is 0.0864. The maximum Gasteiger partial charge on any atom is 0.244 e. The van der Waals surface area contributed by atoms with Crippen LogP contribution >= 0.6 is 0 Å². The quantitative estimate of drug-likeness (QED) is 0.726. The van der Waals surface area contributed by atoms with Crippen LogP contribution in [0.1, 0.15) is 16.8 Å². The Hall–Kier alpha value is -1.90. The van der Waals surface area contributed by atoms with Crippen molar-refractivity contribution in [3.8, 4) is 5.75 Å². The molecule has 0 fully saturated rings. The molecule has 0 atom stereocenters. The van der Waals surface area contributed by atoms with E-state index in [1.165, 1.54) is 13.2 Å². The molecule has 0 radical (unpaired) electrons. The van der Waals surface area contributed by atoms with E-state index in [0.717, 1.165) is 16.8 Å². The molecule has 1 aromatic heterocycles. The molecule has 0 aliphatic rings. The van der Waals surface area contributed by atoms with Gasteiger partial charge in [-0.15, -0.1) is 0 Å². The molecule has 7 nitrogen and oxygen atoms in total. The predicted molar refractivity (Wildman–Crippen MR) is 78.2 cm³/mol. The number of benzene rings is 1. The molecule has 0 saturated heterocycles. The van der Waals surface area contributed by atoms with Crippen molar-refractivity contribution in [2.45, 2.75) is 24.9 Å². The van der Waals surface area contributed by atoms with Crippen LogP contribution in [-0.4, -0.2) is 25.7 Å². The fraction of sp³-hybridized carbons (Fsp3) is 0.308. The van der Waals surface area contributed by atoms with Crippen LogP contribution in [0.25, 0.3) is 0 Å². The summed E-state index contributed by atoms with van der Waals surface area (Å²) in [5.41, 5.74) is 7.95. The van der Waals surface area contributed by atoms with Crippen molar-refractivity contribution in [2.75, 3.05) is 7.11 Å². The summed E-state index contributed by atoms with van der Waals surface area (Å²) in [5, 5.41) is 6.61. The van der Waals surface area contributed by atoms with Gasteiger partial charge in [-0.3, -0.25) is 5.10 Å². The fourth-order valence-corrected chi connectivity index (χ4v) is 3.02. The van der Waals surface area contributed by atoms with E-state index in [9.17, 15) is 8.42 Å². The third-order valence-corrected chi connectivity index (χ3v) is 4.58. The van der Waals surface area contributed by atoms with Gasteiger partial charge in [-0.25, -0.2) is 13.1 Å². The minimum Gasteiger partial charge on any atom is -0.495 e. The zero-order valence-corrected chi connectivity index (χ0v) is 12.7. The highest BCUT2D eigenvalue weighted by Gasteiger charge is 2.20. The van der Waals surface area contributed by atoms with Crippen molar-refractivity contribution < 1.29 is 13.2 Å². The van der Waals surface area contributed by atoms with E-state index in [1.54, 1.807) is 18.3 Å². The summed E-state index contributed by atoms with van der Waals surface area (Å²) in [4.78, 5) is 0.0864.